The number of aryl methyl sites for hydroxylation is 1. The number of hydrogen-bond donors (Lipinski definition) is 1. The summed E-state index contributed by atoms with van der Waals surface area (Å²) in [4.78, 5) is 26.5. The molecule has 0 fully saturated rings. The van der Waals surface area contributed by atoms with Crippen molar-refractivity contribution in [1.82, 2.24) is 0 Å². The molecule has 0 aliphatic carbocycles. The fraction of sp³-hybridized carbons (Fsp3) is 0.400. The van der Waals surface area contributed by atoms with Crippen LogP contribution in [0.2, 0.25) is 0 Å². The van der Waals surface area contributed by atoms with Crippen LogP contribution in [0, 0.1) is 5.41 Å². The van der Waals surface area contributed by atoms with Crippen molar-refractivity contribution in [3.05, 3.63) is 47.9 Å². The first-order valence-electron chi connectivity index (χ1n) is 8.62. The molecular formula is C20H24N2O3. The summed E-state index contributed by atoms with van der Waals surface area (Å²) in [7, 11) is 0. The van der Waals surface area contributed by atoms with Gasteiger partial charge in [0.2, 0.25) is 5.91 Å². The van der Waals surface area contributed by atoms with Gasteiger partial charge in [0.15, 0.2) is 5.76 Å². The summed E-state index contributed by atoms with van der Waals surface area (Å²) in [6.45, 7) is 6.79. The molecule has 5 nitrogen and oxygen atoms in total. The van der Waals surface area contributed by atoms with E-state index in [-0.39, 0.29) is 17.2 Å². The first-order chi connectivity index (χ1) is 11.8. The van der Waals surface area contributed by atoms with Crippen LogP contribution in [0.25, 0.3) is 0 Å². The molecule has 2 aromatic rings. The second-order valence-corrected chi connectivity index (χ2v) is 7.67. The molecule has 25 heavy (non-hydrogen) atoms. The van der Waals surface area contributed by atoms with Crippen molar-refractivity contribution in [3.8, 4) is 0 Å². The van der Waals surface area contributed by atoms with Gasteiger partial charge in [0.05, 0.1) is 6.26 Å². The van der Waals surface area contributed by atoms with Gasteiger partial charge >= 0.3 is 0 Å². The van der Waals surface area contributed by atoms with Gasteiger partial charge in [0, 0.05) is 24.3 Å². The van der Waals surface area contributed by atoms with Gasteiger partial charge < -0.3 is 14.6 Å². The summed E-state index contributed by atoms with van der Waals surface area (Å²) in [5.41, 5.74) is 2.69. The molecule has 5 heteroatoms. The zero-order valence-corrected chi connectivity index (χ0v) is 15.0. The number of carbonyl (C=O) groups excluding carboxylic acids is 2. The molecule has 1 N–H and O–H groups in total. The van der Waals surface area contributed by atoms with Gasteiger partial charge in [-0.05, 0) is 54.2 Å². The van der Waals surface area contributed by atoms with E-state index in [0.717, 1.165) is 29.8 Å². The maximum atomic E-state index is 12.6. The Labute approximate surface area is 148 Å². The number of anilines is 2. The minimum absolute atomic E-state index is 0.00628. The molecule has 2 heterocycles. The Morgan fingerprint density at radius 1 is 1.24 bits per heavy atom. The molecule has 1 aliphatic rings. The van der Waals surface area contributed by atoms with Gasteiger partial charge in [0.1, 0.15) is 0 Å². The lowest BCUT2D eigenvalue weighted by Crippen LogP contribution is -2.35. The standard InChI is InChI=1S/C20H24N2O3/c1-20(2,3)13-18(23)21-15-8-9-16-14(12-15)6-4-10-22(16)19(24)17-7-5-11-25-17/h5,7-9,11-12H,4,6,10,13H2,1-3H3,(H,21,23). The molecule has 2 amide bonds. The van der Waals surface area contributed by atoms with Gasteiger partial charge in [-0.2, -0.15) is 0 Å². The van der Waals surface area contributed by atoms with Crippen LogP contribution in [0.4, 0.5) is 11.4 Å². The number of nitrogens with one attached hydrogen (secondary N) is 1. The first-order valence-corrected chi connectivity index (χ1v) is 8.62. The molecule has 0 atom stereocenters. The van der Waals surface area contributed by atoms with Crippen LogP contribution in [-0.4, -0.2) is 18.4 Å². The highest BCUT2D eigenvalue weighted by atomic mass is 16.3. The highest BCUT2D eigenvalue weighted by Crippen LogP contribution is 2.31. The zero-order valence-electron chi connectivity index (χ0n) is 15.0. The molecule has 0 saturated heterocycles. The van der Waals surface area contributed by atoms with Crippen LogP contribution < -0.4 is 10.2 Å². The Morgan fingerprint density at radius 2 is 2.04 bits per heavy atom. The molecule has 3 rings (SSSR count). The number of benzene rings is 1. The van der Waals surface area contributed by atoms with E-state index in [4.69, 9.17) is 4.42 Å². The average Bonchev–Trinajstić information content (AvgIpc) is 3.06. The van der Waals surface area contributed by atoms with Crippen LogP contribution in [0.3, 0.4) is 0 Å². The molecule has 132 valence electrons. The maximum absolute atomic E-state index is 12.6. The molecule has 0 bridgehead atoms. The lowest BCUT2D eigenvalue weighted by atomic mass is 9.92. The second-order valence-electron chi connectivity index (χ2n) is 7.67. The second kappa shape index (κ2) is 6.75. The van der Waals surface area contributed by atoms with E-state index in [1.54, 1.807) is 17.0 Å². The average molecular weight is 340 g/mol. The topological polar surface area (TPSA) is 62.6 Å². The highest BCUT2D eigenvalue weighted by Gasteiger charge is 2.25. The van der Waals surface area contributed by atoms with Crippen molar-refractivity contribution in [2.24, 2.45) is 5.41 Å². The van der Waals surface area contributed by atoms with Crippen molar-refractivity contribution < 1.29 is 14.0 Å². The number of nitrogens with zero attached hydrogens (tertiary/aromatic N) is 1. The summed E-state index contributed by atoms with van der Waals surface area (Å²) in [5.74, 6) is 0.220. The predicted molar refractivity (Wildman–Crippen MR) is 97.8 cm³/mol. The van der Waals surface area contributed by atoms with Gasteiger partial charge in [-0.1, -0.05) is 20.8 Å². The first kappa shape index (κ1) is 17.3. The van der Waals surface area contributed by atoms with E-state index in [1.165, 1.54) is 6.26 Å². The van der Waals surface area contributed by atoms with E-state index in [1.807, 2.05) is 39.0 Å². The number of fused-ring (bicyclic) bond motifs is 1. The molecule has 0 spiro atoms. The summed E-state index contributed by atoms with van der Waals surface area (Å²) in [6.07, 6.45) is 3.75. The molecule has 0 unspecified atom stereocenters. The van der Waals surface area contributed by atoms with Crippen molar-refractivity contribution >= 4 is 23.2 Å². The Balaban J connectivity index is 1.78. The normalized spacial score (nSPS) is 14.1. The molecule has 1 aromatic heterocycles. The maximum Gasteiger partial charge on any atom is 0.293 e. The van der Waals surface area contributed by atoms with Crippen LogP contribution in [-0.2, 0) is 11.2 Å². The van der Waals surface area contributed by atoms with E-state index in [2.05, 4.69) is 5.32 Å². The Kier molecular flexibility index (Phi) is 4.66. The van der Waals surface area contributed by atoms with E-state index in [9.17, 15) is 9.59 Å². The number of rotatable bonds is 3. The fourth-order valence-corrected chi connectivity index (χ4v) is 3.11. The molecule has 1 aromatic carbocycles. The third-order valence-electron chi connectivity index (χ3n) is 4.15. The van der Waals surface area contributed by atoms with E-state index < -0.39 is 0 Å². The lowest BCUT2D eigenvalue weighted by molar-refractivity contribution is -0.117. The van der Waals surface area contributed by atoms with Gasteiger partial charge in [-0.3, -0.25) is 9.59 Å². The SMILES string of the molecule is CC(C)(C)CC(=O)Nc1ccc2c(c1)CCCN2C(=O)c1ccco1. The van der Waals surface area contributed by atoms with Crippen LogP contribution >= 0.6 is 0 Å². The Morgan fingerprint density at radius 3 is 2.72 bits per heavy atom. The fourth-order valence-electron chi connectivity index (χ4n) is 3.11. The minimum atomic E-state index is -0.129. The number of amides is 2. The monoisotopic (exact) mass is 340 g/mol. The Bertz CT molecular complexity index is 773. The quantitative estimate of drug-likeness (QED) is 0.908. The summed E-state index contributed by atoms with van der Waals surface area (Å²) in [5, 5.41) is 2.96. The predicted octanol–water partition coefficient (Wildman–Crippen LogP) is 4.25. The molecular weight excluding hydrogens is 316 g/mol. The van der Waals surface area contributed by atoms with Gasteiger partial charge in [0.25, 0.3) is 5.91 Å². The van der Waals surface area contributed by atoms with Crippen LogP contribution in [0.5, 0.6) is 0 Å². The lowest BCUT2D eigenvalue weighted by Gasteiger charge is -2.29. The van der Waals surface area contributed by atoms with Crippen molar-refractivity contribution in [2.45, 2.75) is 40.0 Å². The zero-order chi connectivity index (χ0) is 18.0. The molecule has 1 aliphatic heterocycles. The Hall–Kier alpha value is -2.56. The molecule has 0 radical (unpaired) electrons. The number of hydrogen-bond acceptors (Lipinski definition) is 3. The highest BCUT2D eigenvalue weighted by molar-refractivity contribution is 6.05. The van der Waals surface area contributed by atoms with Crippen LogP contribution in [0.1, 0.15) is 49.7 Å². The summed E-state index contributed by atoms with van der Waals surface area (Å²) >= 11 is 0. The van der Waals surface area contributed by atoms with Crippen LogP contribution in [0.15, 0.2) is 41.0 Å². The van der Waals surface area contributed by atoms with E-state index >= 15 is 0 Å². The van der Waals surface area contributed by atoms with Crippen molar-refractivity contribution in [2.75, 3.05) is 16.8 Å². The van der Waals surface area contributed by atoms with Gasteiger partial charge in [-0.15, -0.1) is 0 Å². The summed E-state index contributed by atoms with van der Waals surface area (Å²) in [6, 6.07) is 9.12. The van der Waals surface area contributed by atoms with Gasteiger partial charge in [-0.25, -0.2) is 0 Å². The largest absolute Gasteiger partial charge is 0.459 e. The van der Waals surface area contributed by atoms with E-state index in [0.29, 0.717) is 18.7 Å². The number of carbonyl (C=O) groups is 2. The summed E-state index contributed by atoms with van der Waals surface area (Å²) < 4.78 is 5.24. The van der Waals surface area contributed by atoms with Crippen molar-refractivity contribution in [3.63, 3.8) is 0 Å². The third kappa shape index (κ3) is 4.10. The smallest absolute Gasteiger partial charge is 0.293 e. The minimum Gasteiger partial charge on any atom is -0.459 e. The molecule has 0 saturated carbocycles. The third-order valence-corrected chi connectivity index (χ3v) is 4.15. The van der Waals surface area contributed by atoms with Crippen molar-refractivity contribution in [1.29, 1.82) is 0 Å². The number of furan rings is 1.